The van der Waals surface area contributed by atoms with E-state index in [4.69, 9.17) is 31.6 Å². The summed E-state index contributed by atoms with van der Waals surface area (Å²) in [6.07, 6.45) is 0. The van der Waals surface area contributed by atoms with E-state index < -0.39 is 0 Å². The zero-order valence-corrected chi connectivity index (χ0v) is 7.93. The molecule has 0 amide bonds. The van der Waals surface area contributed by atoms with Crippen LogP contribution in [0, 0.1) is 71.0 Å². The summed E-state index contributed by atoms with van der Waals surface area (Å²) < 4.78 is 0. The van der Waals surface area contributed by atoms with Crippen LogP contribution in [-0.4, -0.2) is 17.4 Å². The van der Waals surface area contributed by atoms with Crippen LogP contribution in [0.25, 0.3) is 0 Å². The molecule has 14 heavy (non-hydrogen) atoms. The van der Waals surface area contributed by atoms with Gasteiger partial charge in [-0.1, -0.05) is 0 Å². The van der Waals surface area contributed by atoms with Crippen molar-refractivity contribution in [1.82, 2.24) is 0 Å². The van der Waals surface area contributed by atoms with Gasteiger partial charge in [0.15, 0.2) is 17.4 Å². The molecule has 0 saturated carbocycles. The molecule has 0 atom stereocenters. The third kappa shape index (κ3) is 271. The minimum Gasteiger partial charge on any atom is -0.202 e. The summed E-state index contributed by atoms with van der Waals surface area (Å²) in [5.74, 6) is 0. The van der Waals surface area contributed by atoms with Gasteiger partial charge < -0.3 is 0 Å². The second kappa shape index (κ2) is 366. The molecule has 0 aromatic carbocycles. The van der Waals surface area contributed by atoms with E-state index in [9.17, 15) is 0 Å². The second-order valence-electron chi connectivity index (χ2n) is 0. The average molecular weight is 300 g/mol. The van der Waals surface area contributed by atoms with Gasteiger partial charge in [-0.15, -0.1) is 0 Å². The molecule has 6 nitrogen and oxygen atoms in total. The van der Waals surface area contributed by atoms with Gasteiger partial charge >= 0.3 is 0 Å². The fourth-order valence-corrected chi connectivity index (χ4v) is 0. The summed E-state index contributed by atoms with van der Waals surface area (Å²) in [6, 6.07) is 0. The molecule has 0 aromatic heterocycles. The zero-order valence-electron chi connectivity index (χ0n) is 6.45. The van der Waals surface area contributed by atoms with Crippen LogP contribution in [0.1, 0.15) is 0 Å². The van der Waals surface area contributed by atoms with Crippen molar-refractivity contribution in [3.05, 3.63) is 0 Å². The molecule has 0 bridgehead atoms. The summed E-state index contributed by atoms with van der Waals surface area (Å²) in [7, 11) is 0. The van der Waals surface area contributed by atoms with Crippen LogP contribution in [0.5, 0.6) is 0 Å². The van der Waals surface area contributed by atoms with E-state index in [1.54, 1.807) is 0 Å². The zero-order chi connectivity index (χ0) is 12.0. The number of hydrogen-bond donors (Lipinski definition) is 0. The number of nitriles is 6. The van der Waals surface area contributed by atoms with Gasteiger partial charge in [0.25, 0.3) is 0 Å². The average Bonchev–Trinajstić information content (AvgIpc) is 2.33. The van der Waals surface area contributed by atoms with E-state index in [0.29, 0.717) is 0 Å². The first-order valence-corrected chi connectivity index (χ1v) is 1.55. The molecule has 0 unspecified atom stereocenters. The molecule has 1 radical (unpaired) electrons. The predicted octanol–water partition coefficient (Wildman–Crippen LogP) is -0.348. The smallest absolute Gasteiger partial charge is 0.187 e. The van der Waals surface area contributed by atoms with Crippen LogP contribution in [0.3, 0.4) is 0 Å². The molecule has 0 saturated heterocycles. The quantitative estimate of drug-likeness (QED) is 0.559. The third-order valence-corrected chi connectivity index (χ3v) is 0. The van der Waals surface area contributed by atoms with E-state index in [1.165, 1.54) is 0 Å². The molecule has 0 aromatic rings. The Balaban J connectivity index is -0.00000000500. The van der Waals surface area contributed by atoms with E-state index >= 15 is 0 Å². The second-order valence-corrected chi connectivity index (χ2v) is 0. The maximum absolute atomic E-state index is 6.50. The molecular formula is C6H9AgAlN6. The molecule has 0 aliphatic heterocycles. The van der Waals surface area contributed by atoms with E-state index in [1.807, 2.05) is 0 Å². The van der Waals surface area contributed by atoms with E-state index in [0.717, 1.165) is 0 Å². The van der Waals surface area contributed by atoms with Crippen LogP contribution in [0.15, 0.2) is 0 Å². The first kappa shape index (κ1) is 86.5. The van der Waals surface area contributed by atoms with Crippen LogP contribution >= 0.6 is 0 Å². The summed E-state index contributed by atoms with van der Waals surface area (Å²) in [6.45, 7) is 21.0. The van der Waals surface area contributed by atoms with Crippen molar-refractivity contribution in [3.8, 4) is 39.4 Å². The van der Waals surface area contributed by atoms with Crippen molar-refractivity contribution in [2.45, 2.75) is 0 Å². The van der Waals surface area contributed by atoms with Gasteiger partial charge in [0.2, 0.25) is 0 Å². The molecule has 0 heterocycles. The van der Waals surface area contributed by atoms with Gasteiger partial charge in [-0.2, -0.15) is 0 Å². The Morgan fingerprint density at radius 2 is 0.357 bits per heavy atom. The summed E-state index contributed by atoms with van der Waals surface area (Å²) in [5, 5.41) is 39.0. The summed E-state index contributed by atoms with van der Waals surface area (Å²) >= 11 is 0. The third-order valence-electron chi connectivity index (χ3n) is 0. The molecule has 0 N–H and O–H groups in total. The molecule has 0 aliphatic rings. The van der Waals surface area contributed by atoms with Crippen molar-refractivity contribution in [2.75, 3.05) is 0 Å². The Morgan fingerprint density at radius 3 is 0.357 bits per heavy atom. The van der Waals surface area contributed by atoms with E-state index in [-0.39, 0.29) is 39.7 Å². The molecule has 77 valence electrons. The fraction of sp³-hybridized carbons (Fsp3) is 0. The van der Waals surface area contributed by atoms with Crippen molar-refractivity contribution < 1.29 is 22.4 Å². The maximum Gasteiger partial charge on any atom is 0.187 e. The molecule has 0 aliphatic carbocycles. The van der Waals surface area contributed by atoms with Gasteiger partial charge in [-0.3, -0.25) is 0 Å². The Hall–Kier alpha value is -1.79. The van der Waals surface area contributed by atoms with Gasteiger partial charge in [-0.05, 0) is 0 Å². The van der Waals surface area contributed by atoms with Gasteiger partial charge in [0, 0.05) is 61.8 Å². The van der Waals surface area contributed by atoms with Crippen molar-refractivity contribution in [3.63, 3.8) is 0 Å². The molecular weight excluding hydrogens is 291 g/mol. The minimum atomic E-state index is 0. The Kier molecular flexibility index (Phi) is 2260. The molecule has 8 heteroatoms. The monoisotopic (exact) mass is 299 g/mol. The molecule has 0 fully saturated rings. The molecule has 0 spiro atoms. The van der Waals surface area contributed by atoms with Crippen LogP contribution < -0.4 is 0 Å². The van der Waals surface area contributed by atoms with Gasteiger partial charge in [-0.25, -0.2) is 31.6 Å². The Bertz CT molecular complexity index is 97.3. The standard InChI is InChI=1S/6CHN.Ag.Al.3H/c6*1-2;;;;;/h6*1H;;;;;. The maximum atomic E-state index is 6.50. The van der Waals surface area contributed by atoms with Crippen molar-refractivity contribution >= 4 is 17.4 Å². The minimum absolute atomic E-state index is 0. The summed E-state index contributed by atoms with van der Waals surface area (Å²) in [5.41, 5.74) is 0. The van der Waals surface area contributed by atoms with Gasteiger partial charge in [0.1, 0.15) is 0 Å². The Labute approximate surface area is 110 Å². The first-order valence-electron chi connectivity index (χ1n) is 1.55. The van der Waals surface area contributed by atoms with Crippen LogP contribution in [0.4, 0.5) is 0 Å². The fourth-order valence-electron chi connectivity index (χ4n) is 0. The number of nitrogens with zero attached hydrogens (tertiary/aromatic N) is 6. The van der Waals surface area contributed by atoms with Crippen molar-refractivity contribution in [2.24, 2.45) is 0 Å². The largest absolute Gasteiger partial charge is 0.202 e. The van der Waals surface area contributed by atoms with Gasteiger partial charge in [0.05, 0.1) is 0 Å². The van der Waals surface area contributed by atoms with Crippen LogP contribution in [0.2, 0.25) is 0 Å². The predicted molar refractivity (Wildman–Crippen MR) is 50.0 cm³/mol. The topological polar surface area (TPSA) is 143 Å². The number of hydrogen-bond acceptors (Lipinski definition) is 6. The van der Waals surface area contributed by atoms with Crippen molar-refractivity contribution in [1.29, 1.82) is 31.6 Å². The normalized spacial score (nSPS) is 0.857. The van der Waals surface area contributed by atoms with E-state index in [2.05, 4.69) is 39.4 Å². The first-order chi connectivity index (χ1) is 6.00. The van der Waals surface area contributed by atoms with Crippen LogP contribution in [-0.2, 0) is 22.4 Å². The SMILES string of the molecule is C#N.C#N.C#N.C#N.C#N.C#N.[Ag].[AlH3]. The molecule has 0 rings (SSSR count). The Morgan fingerprint density at radius 1 is 0.357 bits per heavy atom. The number of rotatable bonds is 0. The summed E-state index contributed by atoms with van der Waals surface area (Å²) in [4.78, 5) is 0.